The van der Waals surface area contributed by atoms with Gasteiger partial charge in [0, 0.05) is 0 Å². The van der Waals surface area contributed by atoms with Crippen LogP contribution in [-0.2, 0) is 0 Å². The molecule has 0 aliphatic heterocycles. The number of allylic oxidation sites excluding steroid dienone is 2. The number of rotatable bonds is 3. The van der Waals surface area contributed by atoms with E-state index in [0.717, 1.165) is 11.8 Å². The van der Waals surface area contributed by atoms with Crippen LogP contribution in [0.15, 0.2) is 11.6 Å². The Bertz CT molecular complexity index is 109. The Morgan fingerprint density at radius 1 is 1.30 bits per heavy atom. The van der Waals surface area contributed by atoms with Crippen LogP contribution in [0.5, 0.6) is 0 Å². The quantitative estimate of drug-likeness (QED) is 0.525. The second-order valence-corrected chi connectivity index (χ2v) is 3.56. The lowest BCUT2D eigenvalue weighted by Gasteiger charge is -2.14. The molecule has 0 saturated heterocycles. The van der Waals surface area contributed by atoms with Crippen LogP contribution in [0, 0.1) is 11.8 Å². The average molecular weight is 140 g/mol. The van der Waals surface area contributed by atoms with E-state index >= 15 is 0 Å². The molecule has 0 bridgehead atoms. The first-order chi connectivity index (χ1) is 4.57. The first-order valence-corrected chi connectivity index (χ1v) is 4.19. The molecule has 1 atom stereocenters. The predicted octanol–water partition coefficient (Wildman–Crippen LogP) is 3.63. The summed E-state index contributed by atoms with van der Waals surface area (Å²) >= 11 is 0. The molecule has 0 heteroatoms. The van der Waals surface area contributed by atoms with Crippen molar-refractivity contribution in [3.8, 4) is 0 Å². The molecule has 0 aromatic rings. The smallest absolute Gasteiger partial charge is 0.0295 e. The van der Waals surface area contributed by atoms with Crippen LogP contribution < -0.4 is 0 Å². The lowest BCUT2D eigenvalue weighted by Crippen LogP contribution is -2.03. The summed E-state index contributed by atoms with van der Waals surface area (Å²) < 4.78 is 0. The van der Waals surface area contributed by atoms with Gasteiger partial charge in [0.15, 0.2) is 0 Å². The van der Waals surface area contributed by atoms with Gasteiger partial charge in [-0.15, -0.1) is 0 Å². The minimum absolute atomic E-state index is 0.815. The number of hydrogen-bond donors (Lipinski definition) is 0. The summed E-state index contributed by atoms with van der Waals surface area (Å²) in [5.74, 6) is 1.64. The van der Waals surface area contributed by atoms with Crippen LogP contribution >= 0.6 is 0 Å². The van der Waals surface area contributed by atoms with E-state index in [1.165, 1.54) is 12.0 Å². The summed E-state index contributed by atoms with van der Waals surface area (Å²) in [5, 5.41) is 0. The van der Waals surface area contributed by atoms with Gasteiger partial charge in [0.2, 0.25) is 0 Å². The topological polar surface area (TPSA) is 0 Å². The highest BCUT2D eigenvalue weighted by Crippen LogP contribution is 2.18. The Kier molecular flexibility index (Phi) is 4.42. The van der Waals surface area contributed by atoms with Crippen LogP contribution in [0.2, 0.25) is 0 Å². The van der Waals surface area contributed by atoms with Gasteiger partial charge in [0.1, 0.15) is 0 Å². The molecule has 0 saturated carbocycles. The van der Waals surface area contributed by atoms with Crippen LogP contribution in [-0.4, -0.2) is 0 Å². The molecular formula is C10H20. The average Bonchev–Trinajstić information content (AvgIpc) is 1.87. The third-order valence-corrected chi connectivity index (χ3v) is 2.27. The Hall–Kier alpha value is -0.260. The van der Waals surface area contributed by atoms with Gasteiger partial charge in [-0.1, -0.05) is 32.4 Å². The van der Waals surface area contributed by atoms with E-state index in [-0.39, 0.29) is 0 Å². The summed E-state index contributed by atoms with van der Waals surface area (Å²) in [6, 6.07) is 0. The Balaban J connectivity index is 3.68. The highest BCUT2D eigenvalue weighted by atomic mass is 14.1. The molecule has 0 aromatic carbocycles. The van der Waals surface area contributed by atoms with E-state index in [4.69, 9.17) is 0 Å². The summed E-state index contributed by atoms with van der Waals surface area (Å²) in [4.78, 5) is 0. The molecule has 0 spiro atoms. The summed E-state index contributed by atoms with van der Waals surface area (Å²) in [6.07, 6.45) is 3.47. The summed E-state index contributed by atoms with van der Waals surface area (Å²) in [6.45, 7) is 11.2. The van der Waals surface area contributed by atoms with Gasteiger partial charge < -0.3 is 0 Å². The van der Waals surface area contributed by atoms with Crippen LogP contribution in [0.25, 0.3) is 0 Å². The van der Waals surface area contributed by atoms with Gasteiger partial charge in [0.25, 0.3) is 0 Å². The van der Waals surface area contributed by atoms with Crippen molar-refractivity contribution in [2.45, 2.75) is 41.0 Å². The van der Waals surface area contributed by atoms with E-state index in [0.29, 0.717) is 0 Å². The van der Waals surface area contributed by atoms with Crippen molar-refractivity contribution >= 4 is 0 Å². The molecule has 0 nitrogen and oxygen atoms in total. The zero-order valence-electron chi connectivity index (χ0n) is 7.94. The van der Waals surface area contributed by atoms with Crippen molar-refractivity contribution in [3.63, 3.8) is 0 Å². The van der Waals surface area contributed by atoms with Gasteiger partial charge in [-0.05, 0) is 32.1 Å². The van der Waals surface area contributed by atoms with Crippen molar-refractivity contribution in [2.75, 3.05) is 0 Å². The fraction of sp³-hybridized carbons (Fsp3) is 0.800. The van der Waals surface area contributed by atoms with Gasteiger partial charge in [-0.2, -0.15) is 0 Å². The molecule has 0 amide bonds. The molecule has 0 fully saturated rings. The van der Waals surface area contributed by atoms with Crippen molar-refractivity contribution in [3.05, 3.63) is 11.6 Å². The zero-order chi connectivity index (χ0) is 8.15. The maximum atomic E-state index is 2.32. The molecule has 60 valence electrons. The minimum Gasteiger partial charge on any atom is -0.0887 e. The van der Waals surface area contributed by atoms with E-state index in [1.54, 1.807) is 0 Å². The monoisotopic (exact) mass is 140 g/mol. The van der Waals surface area contributed by atoms with Crippen LogP contribution in [0.4, 0.5) is 0 Å². The summed E-state index contributed by atoms with van der Waals surface area (Å²) in [7, 11) is 0. The second-order valence-electron chi connectivity index (χ2n) is 3.56. The van der Waals surface area contributed by atoms with E-state index in [2.05, 4.69) is 40.7 Å². The molecule has 1 unspecified atom stereocenters. The predicted molar refractivity (Wildman–Crippen MR) is 48.1 cm³/mol. The van der Waals surface area contributed by atoms with Crippen molar-refractivity contribution in [1.82, 2.24) is 0 Å². The van der Waals surface area contributed by atoms with Crippen LogP contribution in [0.1, 0.15) is 41.0 Å². The van der Waals surface area contributed by atoms with E-state index in [1.807, 2.05) is 0 Å². The highest BCUT2D eigenvalue weighted by molar-refractivity contribution is 4.96. The Morgan fingerprint density at radius 2 is 1.80 bits per heavy atom. The maximum Gasteiger partial charge on any atom is -0.0295 e. The molecule has 0 aliphatic carbocycles. The Labute approximate surface area is 65.3 Å². The van der Waals surface area contributed by atoms with Gasteiger partial charge in [0.05, 0.1) is 0 Å². The van der Waals surface area contributed by atoms with Gasteiger partial charge in [-0.25, -0.2) is 0 Å². The van der Waals surface area contributed by atoms with Crippen molar-refractivity contribution in [1.29, 1.82) is 0 Å². The second kappa shape index (κ2) is 4.54. The lowest BCUT2D eigenvalue weighted by atomic mass is 9.91. The molecule has 0 radical (unpaired) electrons. The first kappa shape index (κ1) is 9.74. The normalized spacial score (nSPS) is 16.0. The molecule has 10 heavy (non-hydrogen) atoms. The molecule has 0 N–H and O–H groups in total. The fourth-order valence-electron chi connectivity index (χ4n) is 0.861. The minimum atomic E-state index is 0.815. The molecule has 0 aromatic heterocycles. The van der Waals surface area contributed by atoms with Gasteiger partial charge in [-0.3, -0.25) is 0 Å². The maximum absolute atomic E-state index is 2.32. The molecule has 0 rings (SSSR count). The Morgan fingerprint density at radius 3 is 2.10 bits per heavy atom. The largest absolute Gasteiger partial charge is 0.0887 e. The van der Waals surface area contributed by atoms with E-state index < -0.39 is 0 Å². The fourth-order valence-corrected chi connectivity index (χ4v) is 0.861. The number of hydrogen-bond acceptors (Lipinski definition) is 0. The summed E-state index contributed by atoms with van der Waals surface area (Å²) in [5.41, 5.74) is 1.52. The highest BCUT2D eigenvalue weighted by Gasteiger charge is 2.06. The molecular weight excluding hydrogens is 120 g/mol. The third-order valence-electron chi connectivity index (χ3n) is 2.27. The lowest BCUT2D eigenvalue weighted by molar-refractivity contribution is 0.416. The van der Waals surface area contributed by atoms with E-state index in [9.17, 15) is 0 Å². The van der Waals surface area contributed by atoms with Crippen LogP contribution in [0.3, 0.4) is 0 Å². The molecule has 0 heterocycles. The van der Waals surface area contributed by atoms with Crippen molar-refractivity contribution < 1.29 is 0 Å². The standard InChI is InChI=1S/C10H20/c1-6-9(4)7-10(5)8(2)3/h6,8,10H,7H2,1-5H3. The molecule has 0 aliphatic rings. The third kappa shape index (κ3) is 3.71. The van der Waals surface area contributed by atoms with Gasteiger partial charge >= 0.3 is 0 Å². The van der Waals surface area contributed by atoms with Crippen molar-refractivity contribution in [2.24, 2.45) is 11.8 Å². The zero-order valence-corrected chi connectivity index (χ0v) is 7.94. The SMILES string of the molecule is CC=C(C)CC(C)C(C)C. The first-order valence-electron chi connectivity index (χ1n) is 4.19.